The van der Waals surface area contributed by atoms with Gasteiger partial charge < -0.3 is 14.6 Å². The van der Waals surface area contributed by atoms with Gasteiger partial charge in [-0.25, -0.2) is 0 Å². The molecular weight excluding hydrogens is 192 g/mol. The standard InChI is InChI=1S/C11H16N2O2/c1-12-8-9-4-5-10(15-9)11(14)13-6-2-3-7-13/h4-5,12H,2-3,6-8H2,1H3. The summed E-state index contributed by atoms with van der Waals surface area (Å²) >= 11 is 0. The van der Waals surface area contributed by atoms with E-state index in [9.17, 15) is 4.79 Å². The summed E-state index contributed by atoms with van der Waals surface area (Å²) in [5.41, 5.74) is 0. The molecule has 0 saturated carbocycles. The monoisotopic (exact) mass is 208 g/mol. The minimum absolute atomic E-state index is 0.0230. The lowest BCUT2D eigenvalue weighted by molar-refractivity contribution is 0.0759. The molecule has 0 atom stereocenters. The highest BCUT2D eigenvalue weighted by Gasteiger charge is 2.21. The molecule has 2 rings (SSSR count). The van der Waals surface area contributed by atoms with Crippen molar-refractivity contribution in [3.8, 4) is 0 Å². The number of furan rings is 1. The molecule has 15 heavy (non-hydrogen) atoms. The van der Waals surface area contributed by atoms with Gasteiger partial charge in [-0.3, -0.25) is 4.79 Å². The summed E-state index contributed by atoms with van der Waals surface area (Å²) in [6.45, 7) is 2.38. The van der Waals surface area contributed by atoms with Crippen molar-refractivity contribution in [2.75, 3.05) is 20.1 Å². The summed E-state index contributed by atoms with van der Waals surface area (Å²) in [7, 11) is 1.85. The van der Waals surface area contributed by atoms with E-state index in [1.807, 2.05) is 18.0 Å². The Morgan fingerprint density at radius 2 is 2.20 bits per heavy atom. The summed E-state index contributed by atoms with van der Waals surface area (Å²) in [6.07, 6.45) is 2.21. The number of nitrogens with zero attached hydrogens (tertiary/aromatic N) is 1. The topological polar surface area (TPSA) is 45.5 Å². The van der Waals surface area contributed by atoms with Gasteiger partial charge in [0, 0.05) is 13.1 Å². The van der Waals surface area contributed by atoms with E-state index in [-0.39, 0.29) is 5.91 Å². The van der Waals surface area contributed by atoms with Gasteiger partial charge >= 0.3 is 0 Å². The molecule has 1 aliphatic rings. The van der Waals surface area contributed by atoms with Gasteiger partial charge in [-0.2, -0.15) is 0 Å². The molecule has 2 heterocycles. The number of rotatable bonds is 3. The van der Waals surface area contributed by atoms with Crippen molar-refractivity contribution in [1.82, 2.24) is 10.2 Å². The van der Waals surface area contributed by atoms with Gasteiger partial charge in [-0.05, 0) is 32.0 Å². The van der Waals surface area contributed by atoms with Gasteiger partial charge in [0.15, 0.2) is 5.76 Å². The van der Waals surface area contributed by atoms with Crippen molar-refractivity contribution < 1.29 is 9.21 Å². The van der Waals surface area contributed by atoms with E-state index >= 15 is 0 Å². The maximum Gasteiger partial charge on any atom is 0.289 e. The van der Waals surface area contributed by atoms with Crippen LogP contribution in [0, 0.1) is 0 Å². The Hall–Kier alpha value is -1.29. The fourth-order valence-electron chi connectivity index (χ4n) is 1.84. The molecular formula is C11H16N2O2. The molecule has 1 saturated heterocycles. The number of hydrogen-bond acceptors (Lipinski definition) is 3. The number of likely N-dealkylation sites (tertiary alicyclic amines) is 1. The Labute approximate surface area is 89.2 Å². The smallest absolute Gasteiger partial charge is 0.289 e. The molecule has 1 N–H and O–H groups in total. The third-order valence-corrected chi connectivity index (χ3v) is 2.62. The molecule has 1 amide bonds. The number of amides is 1. The van der Waals surface area contributed by atoms with Gasteiger partial charge in [-0.1, -0.05) is 0 Å². The van der Waals surface area contributed by atoms with E-state index in [0.717, 1.165) is 31.7 Å². The molecule has 0 radical (unpaired) electrons. The molecule has 0 bridgehead atoms. The summed E-state index contributed by atoms with van der Waals surface area (Å²) in [5.74, 6) is 1.29. The van der Waals surface area contributed by atoms with Crippen LogP contribution < -0.4 is 5.32 Å². The lowest BCUT2D eigenvalue weighted by Gasteiger charge is -2.12. The molecule has 0 unspecified atom stereocenters. The van der Waals surface area contributed by atoms with Gasteiger partial charge in [0.1, 0.15) is 5.76 Å². The van der Waals surface area contributed by atoms with Crippen LogP contribution in [0.4, 0.5) is 0 Å². The van der Waals surface area contributed by atoms with Crippen LogP contribution >= 0.6 is 0 Å². The van der Waals surface area contributed by atoms with E-state index in [1.165, 1.54) is 0 Å². The number of hydrogen-bond donors (Lipinski definition) is 1. The van der Waals surface area contributed by atoms with Crippen molar-refractivity contribution in [3.63, 3.8) is 0 Å². The second-order valence-corrected chi connectivity index (χ2v) is 3.80. The fraction of sp³-hybridized carbons (Fsp3) is 0.545. The first kappa shape index (κ1) is 10.2. The average Bonchev–Trinajstić information content (AvgIpc) is 2.87. The van der Waals surface area contributed by atoms with Crippen LogP contribution in [0.2, 0.25) is 0 Å². The molecule has 1 aromatic rings. The predicted octanol–water partition coefficient (Wildman–Crippen LogP) is 1.24. The van der Waals surface area contributed by atoms with Crippen molar-refractivity contribution in [3.05, 3.63) is 23.7 Å². The molecule has 1 aromatic heterocycles. The highest BCUT2D eigenvalue weighted by Crippen LogP contribution is 2.15. The van der Waals surface area contributed by atoms with Crippen LogP contribution in [0.1, 0.15) is 29.2 Å². The van der Waals surface area contributed by atoms with Crippen LogP contribution in [0.15, 0.2) is 16.5 Å². The normalized spacial score (nSPS) is 15.9. The summed E-state index contributed by atoms with van der Waals surface area (Å²) in [5, 5.41) is 2.99. The van der Waals surface area contributed by atoms with Crippen molar-refractivity contribution in [1.29, 1.82) is 0 Å². The minimum Gasteiger partial charge on any atom is -0.455 e. The van der Waals surface area contributed by atoms with Gasteiger partial charge in [0.2, 0.25) is 0 Å². The molecule has 0 aromatic carbocycles. The van der Waals surface area contributed by atoms with Crippen molar-refractivity contribution in [2.24, 2.45) is 0 Å². The maximum absolute atomic E-state index is 11.9. The van der Waals surface area contributed by atoms with Crippen LogP contribution in [-0.2, 0) is 6.54 Å². The van der Waals surface area contributed by atoms with Gasteiger partial charge in [-0.15, -0.1) is 0 Å². The summed E-state index contributed by atoms with van der Waals surface area (Å²) < 4.78 is 5.44. The second kappa shape index (κ2) is 4.49. The first-order valence-corrected chi connectivity index (χ1v) is 5.34. The molecule has 82 valence electrons. The van der Waals surface area contributed by atoms with Crippen LogP contribution in [0.25, 0.3) is 0 Å². The fourth-order valence-corrected chi connectivity index (χ4v) is 1.84. The lowest BCUT2D eigenvalue weighted by atomic mass is 10.4. The molecule has 1 fully saturated rings. The molecule has 4 nitrogen and oxygen atoms in total. The third-order valence-electron chi connectivity index (χ3n) is 2.62. The molecule has 0 spiro atoms. The van der Waals surface area contributed by atoms with E-state index in [0.29, 0.717) is 12.3 Å². The zero-order valence-electron chi connectivity index (χ0n) is 8.95. The first-order chi connectivity index (χ1) is 7.31. The number of carbonyl (C=O) groups excluding carboxylic acids is 1. The minimum atomic E-state index is 0.0230. The predicted molar refractivity (Wildman–Crippen MR) is 56.6 cm³/mol. The van der Waals surface area contributed by atoms with Crippen molar-refractivity contribution >= 4 is 5.91 Å². The highest BCUT2D eigenvalue weighted by molar-refractivity contribution is 5.91. The van der Waals surface area contributed by atoms with Gasteiger partial charge in [0.05, 0.1) is 6.54 Å². The number of carbonyl (C=O) groups is 1. The first-order valence-electron chi connectivity index (χ1n) is 5.34. The van der Waals surface area contributed by atoms with E-state index in [4.69, 9.17) is 4.42 Å². The lowest BCUT2D eigenvalue weighted by Crippen LogP contribution is -2.27. The van der Waals surface area contributed by atoms with Crippen LogP contribution in [-0.4, -0.2) is 30.9 Å². The Balaban J connectivity index is 2.04. The van der Waals surface area contributed by atoms with Gasteiger partial charge in [0.25, 0.3) is 5.91 Å². The quantitative estimate of drug-likeness (QED) is 0.812. The Morgan fingerprint density at radius 3 is 2.87 bits per heavy atom. The SMILES string of the molecule is CNCc1ccc(C(=O)N2CCCC2)o1. The average molecular weight is 208 g/mol. The molecule has 1 aliphatic heterocycles. The maximum atomic E-state index is 11.9. The van der Waals surface area contributed by atoms with E-state index < -0.39 is 0 Å². The highest BCUT2D eigenvalue weighted by atomic mass is 16.4. The number of nitrogens with one attached hydrogen (secondary N) is 1. The largest absolute Gasteiger partial charge is 0.455 e. The van der Waals surface area contributed by atoms with E-state index in [2.05, 4.69) is 5.32 Å². The van der Waals surface area contributed by atoms with Crippen LogP contribution in [0.5, 0.6) is 0 Å². The third kappa shape index (κ3) is 2.21. The van der Waals surface area contributed by atoms with Crippen molar-refractivity contribution in [2.45, 2.75) is 19.4 Å². The second-order valence-electron chi connectivity index (χ2n) is 3.80. The van der Waals surface area contributed by atoms with E-state index in [1.54, 1.807) is 6.07 Å². The van der Waals surface area contributed by atoms with Crippen LogP contribution in [0.3, 0.4) is 0 Å². The summed E-state index contributed by atoms with van der Waals surface area (Å²) in [4.78, 5) is 13.7. The molecule has 4 heteroatoms. The zero-order valence-corrected chi connectivity index (χ0v) is 8.95. The Kier molecular flexibility index (Phi) is 3.06. The molecule has 0 aliphatic carbocycles. The Bertz CT molecular complexity index is 340. The Morgan fingerprint density at radius 1 is 1.47 bits per heavy atom. The zero-order chi connectivity index (χ0) is 10.7. The summed E-state index contributed by atoms with van der Waals surface area (Å²) in [6, 6.07) is 3.60.